The van der Waals surface area contributed by atoms with Crippen molar-refractivity contribution in [2.75, 3.05) is 0 Å². The van der Waals surface area contributed by atoms with Crippen molar-refractivity contribution in [3.05, 3.63) is 76.3 Å². The molecule has 0 bridgehead atoms. The summed E-state index contributed by atoms with van der Waals surface area (Å²) in [5.41, 5.74) is 11.1. The number of fused-ring (bicyclic) bond motifs is 1. The van der Waals surface area contributed by atoms with Crippen molar-refractivity contribution in [1.29, 1.82) is 0 Å². The summed E-state index contributed by atoms with van der Waals surface area (Å²) < 4.78 is 2.10. The van der Waals surface area contributed by atoms with E-state index in [0.29, 0.717) is 16.6 Å². The smallest absolute Gasteiger partial charge is 0.0956 e. The summed E-state index contributed by atoms with van der Waals surface area (Å²) in [5.74, 6) is 0. The monoisotopic (exact) mass is 384 g/mol. The Hall–Kier alpha value is -2.27. The van der Waals surface area contributed by atoms with Crippen LogP contribution in [-0.4, -0.2) is 14.5 Å². The van der Waals surface area contributed by atoms with Crippen LogP contribution in [0, 0.1) is 0 Å². The van der Waals surface area contributed by atoms with E-state index in [1.165, 1.54) is 10.9 Å². The van der Waals surface area contributed by atoms with E-state index < -0.39 is 0 Å². The number of nitrogens with two attached hydrogens (primary N) is 1. The highest BCUT2D eigenvalue weighted by molar-refractivity contribution is 6.36. The molecule has 0 radical (unpaired) electrons. The molecule has 3 N–H and O–H groups in total. The minimum Gasteiger partial charge on any atom is -0.361 e. The van der Waals surface area contributed by atoms with Crippen LogP contribution in [0.1, 0.15) is 11.3 Å². The predicted octanol–water partition coefficient (Wildman–Crippen LogP) is 5.04. The van der Waals surface area contributed by atoms with Gasteiger partial charge in [0.05, 0.1) is 22.7 Å². The Morgan fingerprint density at radius 1 is 1.12 bits per heavy atom. The summed E-state index contributed by atoms with van der Waals surface area (Å²) in [7, 11) is 0. The van der Waals surface area contributed by atoms with E-state index >= 15 is 0 Å². The van der Waals surface area contributed by atoms with Gasteiger partial charge in [-0.2, -0.15) is 0 Å². The molecule has 26 heavy (non-hydrogen) atoms. The van der Waals surface area contributed by atoms with Crippen molar-refractivity contribution in [3.8, 4) is 11.3 Å². The molecule has 4 aromatic rings. The highest BCUT2D eigenvalue weighted by Crippen LogP contribution is 2.31. The molecule has 4 nitrogen and oxygen atoms in total. The zero-order valence-corrected chi connectivity index (χ0v) is 15.6. The predicted molar refractivity (Wildman–Crippen MR) is 108 cm³/mol. The van der Waals surface area contributed by atoms with Crippen LogP contribution < -0.4 is 5.73 Å². The number of benzene rings is 2. The molecule has 0 amide bonds. The number of para-hydroxylation sites is 1. The van der Waals surface area contributed by atoms with Crippen LogP contribution in [0.5, 0.6) is 0 Å². The molecule has 0 spiro atoms. The van der Waals surface area contributed by atoms with E-state index in [-0.39, 0.29) is 0 Å². The molecule has 0 unspecified atom stereocenters. The molecule has 0 saturated carbocycles. The normalized spacial score (nSPS) is 11.3. The number of hydrogen-bond acceptors (Lipinski definition) is 2. The summed E-state index contributed by atoms with van der Waals surface area (Å²) in [6, 6.07) is 13.7. The van der Waals surface area contributed by atoms with Gasteiger partial charge in [-0.3, -0.25) is 0 Å². The quantitative estimate of drug-likeness (QED) is 0.506. The summed E-state index contributed by atoms with van der Waals surface area (Å²) in [6.45, 7) is 1.19. The lowest BCUT2D eigenvalue weighted by Crippen LogP contribution is -2.09. The SMILES string of the molecule is NCc1c(-c2ccc(Cl)cc2Cl)ncn1CCc1c[nH]c2ccccc12. The Kier molecular flexibility index (Phi) is 4.72. The van der Waals surface area contributed by atoms with Gasteiger partial charge in [-0.15, -0.1) is 0 Å². The first-order valence-electron chi connectivity index (χ1n) is 8.42. The van der Waals surface area contributed by atoms with E-state index in [1.807, 2.05) is 24.5 Å². The summed E-state index contributed by atoms with van der Waals surface area (Å²) in [4.78, 5) is 7.87. The van der Waals surface area contributed by atoms with E-state index in [1.54, 1.807) is 6.07 Å². The molecule has 132 valence electrons. The fourth-order valence-corrected chi connectivity index (χ4v) is 3.80. The van der Waals surface area contributed by atoms with E-state index in [2.05, 4.69) is 38.9 Å². The maximum atomic E-state index is 6.35. The molecule has 2 aromatic carbocycles. The standard InChI is InChI=1S/C20H18Cl2N4/c21-14-5-6-16(17(22)9-14)20-19(10-23)26(12-25-20)8-7-13-11-24-18-4-2-1-3-15(13)18/h1-6,9,11-12,24H,7-8,10,23H2. The topological polar surface area (TPSA) is 59.6 Å². The van der Waals surface area contributed by atoms with Crippen molar-refractivity contribution >= 4 is 34.1 Å². The minimum atomic E-state index is 0.391. The maximum Gasteiger partial charge on any atom is 0.0956 e. The zero-order valence-electron chi connectivity index (χ0n) is 14.0. The molecule has 0 saturated heterocycles. The van der Waals surface area contributed by atoms with Crippen molar-refractivity contribution in [3.63, 3.8) is 0 Å². The van der Waals surface area contributed by atoms with Crippen molar-refractivity contribution < 1.29 is 0 Å². The van der Waals surface area contributed by atoms with Gasteiger partial charge in [0.2, 0.25) is 0 Å². The second-order valence-corrected chi connectivity index (χ2v) is 7.01. The van der Waals surface area contributed by atoms with Crippen molar-refractivity contribution in [2.45, 2.75) is 19.5 Å². The molecule has 0 atom stereocenters. The lowest BCUT2D eigenvalue weighted by Gasteiger charge is -2.09. The fraction of sp³-hybridized carbons (Fsp3) is 0.150. The number of aromatic nitrogens is 3. The molecular formula is C20H18Cl2N4. The molecule has 0 fully saturated rings. The van der Waals surface area contributed by atoms with Crippen LogP contribution in [0.15, 0.2) is 55.0 Å². The highest BCUT2D eigenvalue weighted by Gasteiger charge is 2.15. The van der Waals surface area contributed by atoms with Gasteiger partial charge in [0.25, 0.3) is 0 Å². The Morgan fingerprint density at radius 3 is 2.77 bits per heavy atom. The van der Waals surface area contributed by atoms with Gasteiger partial charge in [-0.1, -0.05) is 41.4 Å². The Labute approximate surface area is 161 Å². The Balaban J connectivity index is 1.62. The number of aromatic amines is 1. The highest BCUT2D eigenvalue weighted by atomic mass is 35.5. The zero-order chi connectivity index (χ0) is 18.1. The van der Waals surface area contributed by atoms with Gasteiger partial charge in [0.1, 0.15) is 0 Å². The lowest BCUT2D eigenvalue weighted by molar-refractivity contribution is 0.663. The molecular weight excluding hydrogens is 367 g/mol. The van der Waals surface area contributed by atoms with E-state index in [4.69, 9.17) is 28.9 Å². The van der Waals surface area contributed by atoms with Crippen LogP contribution in [0.2, 0.25) is 10.0 Å². The average molecular weight is 385 g/mol. The van der Waals surface area contributed by atoms with Gasteiger partial charge < -0.3 is 15.3 Å². The maximum absolute atomic E-state index is 6.35. The number of H-pyrrole nitrogens is 1. The molecule has 2 heterocycles. The van der Waals surface area contributed by atoms with Gasteiger partial charge >= 0.3 is 0 Å². The van der Waals surface area contributed by atoms with Crippen LogP contribution in [0.3, 0.4) is 0 Å². The molecule has 0 aliphatic carbocycles. The number of imidazole rings is 1. The summed E-state index contributed by atoms with van der Waals surface area (Å²) >= 11 is 12.3. The second-order valence-electron chi connectivity index (χ2n) is 6.17. The van der Waals surface area contributed by atoms with Crippen molar-refractivity contribution in [2.24, 2.45) is 5.73 Å². The molecule has 0 aliphatic heterocycles. The molecule has 6 heteroatoms. The Bertz CT molecular complexity index is 1060. The number of nitrogens with one attached hydrogen (secondary N) is 1. The minimum absolute atomic E-state index is 0.391. The van der Waals surface area contributed by atoms with Crippen LogP contribution in [0.25, 0.3) is 22.2 Å². The number of nitrogens with zero attached hydrogens (tertiary/aromatic N) is 2. The van der Waals surface area contributed by atoms with Crippen LogP contribution >= 0.6 is 23.2 Å². The number of halogens is 2. The van der Waals surface area contributed by atoms with Crippen LogP contribution in [-0.2, 0) is 19.5 Å². The molecule has 0 aliphatic rings. The van der Waals surface area contributed by atoms with Gasteiger partial charge in [-0.25, -0.2) is 4.98 Å². The largest absolute Gasteiger partial charge is 0.361 e. The number of rotatable bonds is 5. The third-order valence-electron chi connectivity index (χ3n) is 4.62. The second kappa shape index (κ2) is 7.16. The number of aryl methyl sites for hydroxylation is 2. The summed E-state index contributed by atoms with van der Waals surface area (Å²) in [5, 5.41) is 2.43. The first-order chi connectivity index (χ1) is 12.7. The first-order valence-corrected chi connectivity index (χ1v) is 9.17. The number of hydrogen-bond donors (Lipinski definition) is 2. The average Bonchev–Trinajstić information content (AvgIpc) is 3.23. The van der Waals surface area contributed by atoms with Gasteiger partial charge in [0, 0.05) is 40.8 Å². The third kappa shape index (κ3) is 3.12. The van der Waals surface area contributed by atoms with E-state index in [9.17, 15) is 0 Å². The summed E-state index contributed by atoms with van der Waals surface area (Å²) in [6.07, 6.45) is 4.79. The molecule has 4 rings (SSSR count). The van der Waals surface area contributed by atoms with Crippen molar-refractivity contribution in [1.82, 2.24) is 14.5 Å². The lowest BCUT2D eigenvalue weighted by atomic mass is 10.1. The van der Waals surface area contributed by atoms with Gasteiger partial charge in [0.15, 0.2) is 0 Å². The van der Waals surface area contributed by atoms with E-state index in [0.717, 1.165) is 35.4 Å². The first kappa shape index (κ1) is 17.2. The van der Waals surface area contributed by atoms with Gasteiger partial charge in [-0.05, 0) is 36.2 Å². The molecule has 2 aromatic heterocycles. The van der Waals surface area contributed by atoms with Crippen LogP contribution in [0.4, 0.5) is 0 Å². The third-order valence-corrected chi connectivity index (χ3v) is 5.17. The Morgan fingerprint density at radius 2 is 1.96 bits per heavy atom. The fourth-order valence-electron chi connectivity index (χ4n) is 3.30.